The van der Waals surface area contributed by atoms with Gasteiger partial charge in [0.25, 0.3) is 0 Å². The van der Waals surface area contributed by atoms with Gasteiger partial charge < -0.3 is 0 Å². The molecule has 1 rings (SSSR count). The Hall–Kier alpha value is -0.490. The fourth-order valence-corrected chi connectivity index (χ4v) is 4.49. The molecule has 0 nitrogen and oxygen atoms in total. The van der Waals surface area contributed by atoms with Crippen LogP contribution in [0, 0.1) is 0 Å². The van der Waals surface area contributed by atoms with Crippen LogP contribution in [0.15, 0.2) is 24.3 Å². The Labute approximate surface area is 188 Å². The minimum atomic E-state index is -0.217. The highest BCUT2D eigenvalue weighted by molar-refractivity contribution is 6.23. The van der Waals surface area contributed by atoms with Gasteiger partial charge >= 0.3 is 0 Å². The molecule has 0 saturated heterocycles. The molecule has 0 aliphatic carbocycles. The maximum absolute atomic E-state index is 6.73. The normalized spacial score (nSPS) is 13.5. The standard InChI is InChI=1S/C28H49Cl/c1-4-6-7-8-9-10-11-12-13-14-15-16-17-18-19-20-23-26-24-21-22-25-27(26)28(3,29)5-2/h21-22,24-25H,4-20,23H2,1-3H3. The van der Waals surface area contributed by atoms with E-state index in [1.54, 1.807) is 0 Å². The van der Waals surface area contributed by atoms with Crippen LogP contribution < -0.4 is 0 Å². The zero-order valence-electron chi connectivity index (χ0n) is 19.9. The summed E-state index contributed by atoms with van der Waals surface area (Å²) in [5.41, 5.74) is 2.79. The Balaban J connectivity index is 1.95. The summed E-state index contributed by atoms with van der Waals surface area (Å²) in [6.45, 7) is 6.63. The van der Waals surface area contributed by atoms with Crippen molar-refractivity contribution in [3.63, 3.8) is 0 Å². The van der Waals surface area contributed by atoms with Crippen LogP contribution in [0.25, 0.3) is 0 Å². The first-order valence-electron chi connectivity index (χ1n) is 12.9. The minimum Gasteiger partial charge on any atom is -0.114 e. The summed E-state index contributed by atoms with van der Waals surface area (Å²) in [5, 5.41) is 0. The topological polar surface area (TPSA) is 0 Å². The fraction of sp³-hybridized carbons (Fsp3) is 0.786. The second-order valence-corrected chi connectivity index (χ2v) is 10.1. The summed E-state index contributed by atoms with van der Waals surface area (Å²) >= 11 is 6.73. The van der Waals surface area contributed by atoms with E-state index in [4.69, 9.17) is 11.6 Å². The molecule has 0 fully saturated rings. The van der Waals surface area contributed by atoms with Gasteiger partial charge in [0, 0.05) is 0 Å². The quantitative estimate of drug-likeness (QED) is 0.154. The second-order valence-electron chi connectivity index (χ2n) is 9.26. The Bertz CT molecular complexity index is 491. The molecule has 0 aliphatic rings. The molecule has 0 saturated carbocycles. The van der Waals surface area contributed by atoms with Gasteiger partial charge in [0.2, 0.25) is 0 Å². The maximum Gasteiger partial charge on any atom is 0.0666 e. The Morgan fingerprint density at radius 2 is 1.03 bits per heavy atom. The first-order valence-corrected chi connectivity index (χ1v) is 13.3. The lowest BCUT2D eigenvalue weighted by molar-refractivity contribution is 0.529. The third-order valence-corrected chi connectivity index (χ3v) is 7.01. The smallest absolute Gasteiger partial charge is 0.0666 e. The largest absolute Gasteiger partial charge is 0.114 e. The molecule has 1 atom stereocenters. The molecule has 0 radical (unpaired) electrons. The van der Waals surface area contributed by atoms with Gasteiger partial charge in [-0.2, -0.15) is 0 Å². The molecule has 1 aromatic rings. The molecule has 0 heterocycles. The van der Waals surface area contributed by atoms with Crippen molar-refractivity contribution in [3.8, 4) is 0 Å². The summed E-state index contributed by atoms with van der Waals surface area (Å²) in [6, 6.07) is 8.78. The summed E-state index contributed by atoms with van der Waals surface area (Å²) in [5.74, 6) is 0. The molecule has 0 amide bonds. The highest BCUT2D eigenvalue weighted by Crippen LogP contribution is 2.34. The van der Waals surface area contributed by atoms with E-state index in [0.717, 1.165) is 6.42 Å². The molecule has 1 aromatic carbocycles. The first kappa shape index (κ1) is 26.5. The first-order chi connectivity index (χ1) is 14.1. The molecule has 0 aliphatic heterocycles. The summed E-state index contributed by atoms with van der Waals surface area (Å²) < 4.78 is 0. The lowest BCUT2D eigenvalue weighted by Gasteiger charge is -2.24. The number of aryl methyl sites for hydroxylation is 1. The van der Waals surface area contributed by atoms with Crippen LogP contribution in [0.4, 0.5) is 0 Å². The van der Waals surface area contributed by atoms with E-state index in [0.29, 0.717) is 0 Å². The third kappa shape index (κ3) is 12.7. The van der Waals surface area contributed by atoms with Gasteiger partial charge in [-0.1, -0.05) is 134 Å². The van der Waals surface area contributed by atoms with Crippen molar-refractivity contribution >= 4 is 11.6 Å². The molecule has 1 heteroatoms. The molecule has 0 bridgehead atoms. The van der Waals surface area contributed by atoms with Gasteiger partial charge in [0.1, 0.15) is 0 Å². The highest BCUT2D eigenvalue weighted by Gasteiger charge is 2.23. The van der Waals surface area contributed by atoms with Crippen molar-refractivity contribution in [3.05, 3.63) is 35.4 Å². The summed E-state index contributed by atoms with van der Waals surface area (Å²) in [6.07, 6.45) is 25.0. The van der Waals surface area contributed by atoms with Crippen molar-refractivity contribution in [1.82, 2.24) is 0 Å². The molecular weight excluding hydrogens is 372 g/mol. The SMILES string of the molecule is CCCCCCCCCCCCCCCCCCc1ccccc1C(C)(Cl)CC. The van der Waals surface area contributed by atoms with Crippen LogP contribution in [0.5, 0.6) is 0 Å². The third-order valence-electron chi connectivity index (χ3n) is 6.54. The van der Waals surface area contributed by atoms with E-state index in [2.05, 4.69) is 45.0 Å². The number of rotatable bonds is 19. The van der Waals surface area contributed by atoms with Gasteiger partial charge in [0.05, 0.1) is 4.87 Å². The van der Waals surface area contributed by atoms with Gasteiger partial charge in [0.15, 0.2) is 0 Å². The van der Waals surface area contributed by atoms with Gasteiger partial charge in [-0.3, -0.25) is 0 Å². The van der Waals surface area contributed by atoms with Crippen molar-refractivity contribution in [1.29, 1.82) is 0 Å². The molecule has 29 heavy (non-hydrogen) atoms. The average molecular weight is 421 g/mol. The molecule has 168 valence electrons. The van der Waals surface area contributed by atoms with Gasteiger partial charge in [-0.05, 0) is 37.3 Å². The summed E-state index contributed by atoms with van der Waals surface area (Å²) in [4.78, 5) is -0.217. The Morgan fingerprint density at radius 3 is 1.48 bits per heavy atom. The van der Waals surface area contributed by atoms with Crippen molar-refractivity contribution in [2.75, 3.05) is 0 Å². The lowest BCUT2D eigenvalue weighted by Crippen LogP contribution is -2.14. The minimum absolute atomic E-state index is 0.217. The van der Waals surface area contributed by atoms with Crippen LogP contribution in [-0.2, 0) is 11.3 Å². The number of halogens is 1. The average Bonchev–Trinajstić information content (AvgIpc) is 2.73. The zero-order chi connectivity index (χ0) is 21.2. The zero-order valence-corrected chi connectivity index (χ0v) is 20.7. The van der Waals surface area contributed by atoms with E-state index in [9.17, 15) is 0 Å². The number of hydrogen-bond donors (Lipinski definition) is 0. The summed E-state index contributed by atoms with van der Waals surface area (Å²) in [7, 11) is 0. The molecule has 0 N–H and O–H groups in total. The number of alkyl halides is 1. The number of unbranched alkanes of at least 4 members (excludes halogenated alkanes) is 15. The van der Waals surface area contributed by atoms with E-state index < -0.39 is 0 Å². The monoisotopic (exact) mass is 420 g/mol. The van der Waals surface area contributed by atoms with Crippen LogP contribution in [0.1, 0.15) is 141 Å². The Kier molecular flexibility index (Phi) is 15.8. The molecule has 0 spiro atoms. The van der Waals surface area contributed by atoms with E-state index in [1.165, 1.54) is 120 Å². The second kappa shape index (κ2) is 17.2. The van der Waals surface area contributed by atoms with Crippen molar-refractivity contribution in [2.45, 2.75) is 141 Å². The Morgan fingerprint density at radius 1 is 0.621 bits per heavy atom. The lowest BCUT2D eigenvalue weighted by atomic mass is 9.90. The molecular formula is C28H49Cl. The molecule has 1 unspecified atom stereocenters. The van der Waals surface area contributed by atoms with Crippen LogP contribution in [0.3, 0.4) is 0 Å². The van der Waals surface area contributed by atoms with E-state index >= 15 is 0 Å². The maximum atomic E-state index is 6.73. The van der Waals surface area contributed by atoms with E-state index in [-0.39, 0.29) is 4.87 Å². The highest BCUT2D eigenvalue weighted by atomic mass is 35.5. The fourth-order valence-electron chi connectivity index (χ4n) is 4.30. The van der Waals surface area contributed by atoms with Crippen molar-refractivity contribution < 1.29 is 0 Å². The number of benzene rings is 1. The van der Waals surface area contributed by atoms with Crippen molar-refractivity contribution in [2.24, 2.45) is 0 Å². The number of hydrogen-bond acceptors (Lipinski definition) is 0. The van der Waals surface area contributed by atoms with Crippen LogP contribution in [0.2, 0.25) is 0 Å². The van der Waals surface area contributed by atoms with E-state index in [1.807, 2.05) is 0 Å². The predicted molar refractivity (Wildman–Crippen MR) is 133 cm³/mol. The van der Waals surface area contributed by atoms with Gasteiger partial charge in [-0.15, -0.1) is 11.6 Å². The van der Waals surface area contributed by atoms with Gasteiger partial charge in [-0.25, -0.2) is 0 Å². The molecule has 0 aromatic heterocycles. The van der Waals surface area contributed by atoms with Crippen LogP contribution in [-0.4, -0.2) is 0 Å². The predicted octanol–water partition coefficient (Wildman–Crippen LogP) is 10.4. The van der Waals surface area contributed by atoms with Crippen LogP contribution >= 0.6 is 11.6 Å².